The minimum Gasteiger partial charge on any atom is -0.497 e. The van der Waals surface area contributed by atoms with E-state index in [0.717, 1.165) is 79.2 Å². The van der Waals surface area contributed by atoms with Gasteiger partial charge in [-0.3, -0.25) is 14.1 Å². The molecule has 0 amide bonds. The van der Waals surface area contributed by atoms with Crippen molar-refractivity contribution in [3.05, 3.63) is 36.0 Å². The Morgan fingerprint density at radius 1 is 0.909 bits per heavy atom. The van der Waals surface area contributed by atoms with Crippen molar-refractivity contribution in [3.63, 3.8) is 0 Å². The molecule has 1 aromatic heterocycles. The average molecular weight is 627 g/mol. The van der Waals surface area contributed by atoms with Gasteiger partial charge in [0.25, 0.3) is 0 Å². The van der Waals surface area contributed by atoms with Crippen molar-refractivity contribution in [3.8, 4) is 5.75 Å². The van der Waals surface area contributed by atoms with E-state index >= 15 is 0 Å². The number of hydrogen-bond acceptors (Lipinski definition) is 5. The van der Waals surface area contributed by atoms with Gasteiger partial charge in [0.15, 0.2) is 11.1 Å². The zero-order valence-corrected chi connectivity index (χ0v) is 29.3. The number of ether oxygens (including phenoxy) is 1. The highest BCUT2D eigenvalue weighted by Gasteiger charge is 2.44. The molecule has 1 aromatic carbocycles. The SMILES string of the molecule is CCCCCCCCCCC(CCCCCCC)S(=O)O[C@@H](c1ccnc2ccc(OC)cc12)[C@H]1C[C@@H]2CCN1C[C@@H]2CC. The van der Waals surface area contributed by atoms with Crippen LogP contribution in [0.4, 0.5) is 0 Å². The molecule has 0 N–H and O–H groups in total. The summed E-state index contributed by atoms with van der Waals surface area (Å²) in [5.74, 6) is 2.31. The lowest BCUT2D eigenvalue weighted by Gasteiger charge is -2.52. The van der Waals surface area contributed by atoms with Crippen molar-refractivity contribution in [2.24, 2.45) is 11.8 Å². The van der Waals surface area contributed by atoms with Crippen LogP contribution in [0.25, 0.3) is 10.9 Å². The molecule has 0 radical (unpaired) electrons. The maximum Gasteiger partial charge on any atom is 0.159 e. The van der Waals surface area contributed by atoms with Crippen LogP contribution in [0.2, 0.25) is 0 Å². The van der Waals surface area contributed by atoms with Gasteiger partial charge in [0.2, 0.25) is 0 Å². The van der Waals surface area contributed by atoms with E-state index in [9.17, 15) is 4.21 Å². The highest BCUT2D eigenvalue weighted by atomic mass is 32.2. The van der Waals surface area contributed by atoms with E-state index in [2.05, 4.69) is 42.8 Å². The fourth-order valence-electron chi connectivity index (χ4n) is 7.80. The van der Waals surface area contributed by atoms with Crippen LogP contribution in [0, 0.1) is 11.8 Å². The third-order valence-corrected chi connectivity index (χ3v) is 12.0. The number of pyridine rings is 1. The summed E-state index contributed by atoms with van der Waals surface area (Å²) in [6.45, 7) is 9.13. The number of methoxy groups -OCH3 is 1. The first-order valence-electron chi connectivity index (χ1n) is 18.3. The molecule has 2 bridgehead atoms. The summed E-state index contributed by atoms with van der Waals surface area (Å²) >= 11 is -1.35. The summed E-state index contributed by atoms with van der Waals surface area (Å²) < 4.78 is 26.9. The Labute approximate surface area is 271 Å². The number of aromatic nitrogens is 1. The first kappa shape index (κ1) is 35.4. The molecular formula is C38H62N2O3S. The van der Waals surface area contributed by atoms with E-state index in [0.29, 0.717) is 0 Å². The predicted molar refractivity (Wildman–Crippen MR) is 187 cm³/mol. The fourth-order valence-corrected chi connectivity index (χ4v) is 9.11. The minimum absolute atomic E-state index is 0.0982. The molecule has 4 heterocycles. The van der Waals surface area contributed by atoms with Gasteiger partial charge in [-0.05, 0) is 73.9 Å². The van der Waals surface area contributed by atoms with Gasteiger partial charge in [0.1, 0.15) is 11.9 Å². The predicted octanol–water partition coefficient (Wildman–Crippen LogP) is 10.3. The Morgan fingerprint density at radius 2 is 1.57 bits per heavy atom. The van der Waals surface area contributed by atoms with Gasteiger partial charge in [-0.25, -0.2) is 4.21 Å². The second-order valence-electron chi connectivity index (χ2n) is 13.7. The number of benzene rings is 1. The highest BCUT2D eigenvalue weighted by molar-refractivity contribution is 7.80. The average Bonchev–Trinajstić information content (AvgIpc) is 3.06. The second kappa shape index (κ2) is 19.2. The van der Waals surface area contributed by atoms with E-state index < -0.39 is 11.1 Å². The Balaban J connectivity index is 1.52. The van der Waals surface area contributed by atoms with Gasteiger partial charge < -0.3 is 4.74 Å². The molecule has 0 spiro atoms. The number of unbranched alkanes of at least 4 members (excludes halogenated alkanes) is 11. The molecule has 0 aliphatic carbocycles. The van der Waals surface area contributed by atoms with Gasteiger partial charge in [-0.2, -0.15) is 0 Å². The molecule has 44 heavy (non-hydrogen) atoms. The molecule has 3 aliphatic heterocycles. The Bertz CT molecular complexity index is 1130. The van der Waals surface area contributed by atoms with Gasteiger partial charge in [-0.1, -0.05) is 111 Å². The minimum atomic E-state index is -1.35. The maximum atomic E-state index is 14.3. The van der Waals surface area contributed by atoms with Crippen LogP contribution >= 0.6 is 0 Å². The third-order valence-electron chi connectivity index (χ3n) is 10.6. The van der Waals surface area contributed by atoms with Crippen LogP contribution in [0.15, 0.2) is 30.5 Å². The zero-order valence-electron chi connectivity index (χ0n) is 28.4. The largest absolute Gasteiger partial charge is 0.497 e. The van der Waals surface area contributed by atoms with Crippen LogP contribution in [0.1, 0.15) is 148 Å². The van der Waals surface area contributed by atoms with E-state index in [1.807, 2.05) is 18.3 Å². The normalized spacial score (nSPS) is 23.5. The van der Waals surface area contributed by atoms with Crippen molar-refractivity contribution >= 4 is 22.0 Å². The van der Waals surface area contributed by atoms with E-state index in [4.69, 9.17) is 8.92 Å². The van der Waals surface area contributed by atoms with Crippen molar-refractivity contribution < 1.29 is 13.1 Å². The van der Waals surface area contributed by atoms with E-state index in [1.165, 1.54) is 83.5 Å². The lowest BCUT2D eigenvalue weighted by molar-refractivity contribution is -0.0455. The summed E-state index contributed by atoms with van der Waals surface area (Å²) in [5.41, 5.74) is 2.05. The van der Waals surface area contributed by atoms with Crippen molar-refractivity contribution in [2.75, 3.05) is 20.2 Å². The van der Waals surface area contributed by atoms with Crippen molar-refractivity contribution in [2.45, 2.75) is 154 Å². The molecule has 3 saturated heterocycles. The molecule has 6 heteroatoms. The van der Waals surface area contributed by atoms with Gasteiger partial charge >= 0.3 is 0 Å². The molecule has 7 atom stereocenters. The lowest BCUT2D eigenvalue weighted by Crippen LogP contribution is -2.55. The van der Waals surface area contributed by atoms with Crippen molar-refractivity contribution in [1.82, 2.24) is 9.88 Å². The molecule has 5 nitrogen and oxygen atoms in total. The molecule has 3 fully saturated rings. The summed E-state index contributed by atoms with van der Waals surface area (Å²) in [4.78, 5) is 7.33. The molecule has 248 valence electrons. The quantitative estimate of drug-likeness (QED) is 0.122. The summed E-state index contributed by atoms with van der Waals surface area (Å²) in [6.07, 6.45) is 23.9. The second-order valence-corrected chi connectivity index (χ2v) is 15.0. The molecule has 3 unspecified atom stereocenters. The molecular weight excluding hydrogens is 564 g/mol. The number of rotatable bonds is 22. The Hall–Kier alpha value is -1.50. The number of fused-ring (bicyclic) bond motifs is 4. The summed E-state index contributed by atoms with van der Waals surface area (Å²) in [7, 11) is 1.72. The van der Waals surface area contributed by atoms with Gasteiger partial charge in [-0.15, -0.1) is 0 Å². The summed E-state index contributed by atoms with van der Waals surface area (Å²) in [5, 5.41) is 1.16. The Kier molecular flexibility index (Phi) is 15.5. The smallest absolute Gasteiger partial charge is 0.159 e. The van der Waals surface area contributed by atoms with Crippen LogP contribution in [-0.4, -0.2) is 45.6 Å². The van der Waals surface area contributed by atoms with Crippen LogP contribution in [-0.2, 0) is 15.3 Å². The topological polar surface area (TPSA) is 51.7 Å². The highest BCUT2D eigenvalue weighted by Crippen LogP contribution is 2.45. The fraction of sp³-hybridized carbons (Fsp3) is 0.763. The third kappa shape index (κ3) is 10.00. The number of hydrogen-bond donors (Lipinski definition) is 0. The van der Waals surface area contributed by atoms with Crippen LogP contribution in [0.3, 0.4) is 0 Å². The van der Waals surface area contributed by atoms with E-state index in [1.54, 1.807) is 7.11 Å². The van der Waals surface area contributed by atoms with Crippen molar-refractivity contribution in [1.29, 1.82) is 0 Å². The molecule has 3 aliphatic rings. The molecule has 2 aromatic rings. The first-order chi connectivity index (χ1) is 21.6. The number of piperidine rings is 3. The number of nitrogens with zero attached hydrogens (tertiary/aromatic N) is 2. The van der Waals surface area contributed by atoms with Crippen LogP contribution < -0.4 is 4.74 Å². The standard InChI is InChI=1S/C38H62N2O3S/c1-5-8-10-12-13-14-16-18-20-33(19-17-15-11-9-6-2)44(41)43-38(37-27-31-24-26-40(37)29-30(31)7-3)34-23-25-39-36-22-21-32(42-4)28-35(34)36/h21-23,25,28,30-31,33,37-38H,5-20,24,26-27,29H2,1-4H3/t30-,31-,33?,37+,38-,44?/m0/s1. The first-order valence-corrected chi connectivity index (χ1v) is 19.5. The van der Waals surface area contributed by atoms with Crippen LogP contribution in [0.5, 0.6) is 5.75 Å². The summed E-state index contributed by atoms with van der Waals surface area (Å²) in [6, 6.07) is 8.46. The Morgan fingerprint density at radius 3 is 2.16 bits per heavy atom. The van der Waals surface area contributed by atoms with E-state index in [-0.39, 0.29) is 17.4 Å². The van der Waals surface area contributed by atoms with Gasteiger partial charge in [0, 0.05) is 24.2 Å². The monoisotopic (exact) mass is 626 g/mol. The molecule has 0 saturated carbocycles. The zero-order chi connectivity index (χ0) is 31.1. The lowest BCUT2D eigenvalue weighted by atomic mass is 9.72. The maximum absolute atomic E-state index is 14.3. The molecule has 5 rings (SSSR count). The van der Waals surface area contributed by atoms with Gasteiger partial charge in [0.05, 0.1) is 17.9 Å².